The largest absolute Gasteiger partial charge is 0.396 e. The summed E-state index contributed by atoms with van der Waals surface area (Å²) in [7, 11) is 0. The average Bonchev–Trinajstić information content (AvgIpc) is 2.91. The van der Waals surface area contributed by atoms with E-state index in [1.54, 1.807) is 16.8 Å². The van der Waals surface area contributed by atoms with Gasteiger partial charge in [0.05, 0.1) is 24.4 Å². The molecule has 0 bridgehead atoms. The monoisotopic (exact) mass is 335 g/mol. The number of hydrogen-bond acceptors (Lipinski definition) is 5. The van der Waals surface area contributed by atoms with E-state index in [1.165, 1.54) is 0 Å². The Labute approximate surface area is 125 Å². The minimum atomic E-state index is 0.144. The van der Waals surface area contributed by atoms with E-state index in [1.807, 2.05) is 12.3 Å². The van der Waals surface area contributed by atoms with Crippen LogP contribution in [0.4, 0.5) is 5.69 Å². The molecule has 2 rings (SSSR count). The van der Waals surface area contributed by atoms with E-state index < -0.39 is 0 Å². The van der Waals surface area contributed by atoms with Gasteiger partial charge in [0.2, 0.25) is 0 Å². The third-order valence-electron chi connectivity index (χ3n) is 2.69. The molecule has 0 aliphatic heterocycles. The number of nitrogens with one attached hydrogen (secondary N) is 1. The standard InChI is InChI=1S/C13H14BrN5O/c14-12-6-10(7-15)2-3-13(12)16-8-11-9-19(18-17-11)4-1-5-20/h2-3,6,9,16,20H,1,4-5,8H2. The summed E-state index contributed by atoms with van der Waals surface area (Å²) in [4.78, 5) is 0. The first-order valence-electron chi connectivity index (χ1n) is 6.16. The molecule has 7 heteroatoms. The summed E-state index contributed by atoms with van der Waals surface area (Å²) in [6, 6.07) is 7.45. The first-order valence-corrected chi connectivity index (χ1v) is 6.95. The van der Waals surface area contributed by atoms with Crippen molar-refractivity contribution in [2.75, 3.05) is 11.9 Å². The summed E-state index contributed by atoms with van der Waals surface area (Å²) in [5.74, 6) is 0. The predicted octanol–water partition coefficient (Wildman–Crippen LogP) is 1.91. The van der Waals surface area contributed by atoms with E-state index >= 15 is 0 Å². The highest BCUT2D eigenvalue weighted by atomic mass is 79.9. The molecule has 0 fully saturated rings. The number of nitriles is 1. The van der Waals surface area contributed by atoms with Crippen LogP contribution >= 0.6 is 15.9 Å². The van der Waals surface area contributed by atoms with E-state index in [0.29, 0.717) is 25.1 Å². The summed E-state index contributed by atoms with van der Waals surface area (Å²) in [5, 5.41) is 28.8. The molecule has 0 spiro atoms. The molecule has 20 heavy (non-hydrogen) atoms. The lowest BCUT2D eigenvalue weighted by atomic mass is 10.2. The Hall–Kier alpha value is -1.91. The van der Waals surface area contributed by atoms with Gasteiger partial charge in [-0.15, -0.1) is 5.10 Å². The average molecular weight is 336 g/mol. The van der Waals surface area contributed by atoms with Crippen molar-refractivity contribution in [3.05, 3.63) is 40.1 Å². The zero-order chi connectivity index (χ0) is 14.4. The highest BCUT2D eigenvalue weighted by Gasteiger charge is 2.04. The molecule has 0 saturated heterocycles. The van der Waals surface area contributed by atoms with Gasteiger partial charge < -0.3 is 10.4 Å². The van der Waals surface area contributed by atoms with Crippen molar-refractivity contribution >= 4 is 21.6 Å². The Bertz CT molecular complexity index is 619. The van der Waals surface area contributed by atoms with E-state index in [0.717, 1.165) is 15.9 Å². The quantitative estimate of drug-likeness (QED) is 0.841. The van der Waals surface area contributed by atoms with E-state index in [4.69, 9.17) is 10.4 Å². The van der Waals surface area contributed by atoms with E-state index in [2.05, 4.69) is 37.6 Å². The normalized spacial score (nSPS) is 10.2. The third kappa shape index (κ3) is 3.79. The molecule has 2 aromatic rings. The molecule has 0 radical (unpaired) electrons. The topological polar surface area (TPSA) is 86.8 Å². The third-order valence-corrected chi connectivity index (χ3v) is 3.35. The van der Waals surface area contributed by atoms with Crippen LogP contribution in [0.25, 0.3) is 0 Å². The van der Waals surface area contributed by atoms with Gasteiger partial charge in [-0.1, -0.05) is 5.21 Å². The Morgan fingerprint density at radius 3 is 3.00 bits per heavy atom. The lowest BCUT2D eigenvalue weighted by molar-refractivity contribution is 0.276. The summed E-state index contributed by atoms with van der Waals surface area (Å²) >= 11 is 3.42. The fourth-order valence-electron chi connectivity index (χ4n) is 1.68. The summed E-state index contributed by atoms with van der Waals surface area (Å²) in [6.07, 6.45) is 2.51. The second-order valence-corrected chi connectivity index (χ2v) is 5.06. The minimum absolute atomic E-state index is 0.144. The number of aliphatic hydroxyl groups is 1. The number of anilines is 1. The second-order valence-electron chi connectivity index (χ2n) is 4.21. The molecule has 0 atom stereocenters. The number of benzene rings is 1. The SMILES string of the molecule is N#Cc1ccc(NCc2cn(CCCO)nn2)c(Br)c1. The number of hydrogen-bond donors (Lipinski definition) is 2. The van der Waals surface area contributed by atoms with Crippen LogP contribution in [0.3, 0.4) is 0 Å². The molecule has 0 amide bonds. The van der Waals surface area contributed by atoms with Gasteiger partial charge in [-0.05, 0) is 40.5 Å². The van der Waals surface area contributed by atoms with Gasteiger partial charge >= 0.3 is 0 Å². The molecule has 0 unspecified atom stereocenters. The minimum Gasteiger partial charge on any atom is -0.396 e. The number of aryl methyl sites for hydroxylation is 1. The molecule has 1 aromatic heterocycles. The number of rotatable bonds is 6. The molecule has 1 heterocycles. The predicted molar refractivity (Wildman–Crippen MR) is 77.9 cm³/mol. The summed E-state index contributed by atoms with van der Waals surface area (Å²) in [6.45, 7) is 1.35. The highest BCUT2D eigenvalue weighted by molar-refractivity contribution is 9.10. The number of aromatic nitrogens is 3. The van der Waals surface area contributed by atoms with Crippen LogP contribution in [0, 0.1) is 11.3 Å². The van der Waals surface area contributed by atoms with Crippen LogP contribution in [0.2, 0.25) is 0 Å². The van der Waals surface area contributed by atoms with Crippen LogP contribution in [0.1, 0.15) is 17.7 Å². The highest BCUT2D eigenvalue weighted by Crippen LogP contribution is 2.23. The van der Waals surface area contributed by atoms with Gasteiger partial charge in [-0.25, -0.2) is 0 Å². The van der Waals surface area contributed by atoms with Gasteiger partial charge in [-0.2, -0.15) is 5.26 Å². The zero-order valence-electron chi connectivity index (χ0n) is 10.8. The summed E-state index contributed by atoms with van der Waals surface area (Å²) < 4.78 is 2.55. The fraction of sp³-hybridized carbons (Fsp3) is 0.308. The molecule has 0 saturated carbocycles. The van der Waals surface area contributed by atoms with Crippen molar-refractivity contribution in [1.29, 1.82) is 5.26 Å². The van der Waals surface area contributed by atoms with Crippen LogP contribution < -0.4 is 5.32 Å². The van der Waals surface area contributed by atoms with Gasteiger partial charge in [-0.3, -0.25) is 4.68 Å². The molecular formula is C13H14BrN5O. The molecule has 2 N–H and O–H groups in total. The first kappa shape index (κ1) is 14.5. The van der Waals surface area contributed by atoms with Crippen molar-refractivity contribution in [3.8, 4) is 6.07 Å². The van der Waals surface area contributed by atoms with Crippen LogP contribution in [0.15, 0.2) is 28.9 Å². The van der Waals surface area contributed by atoms with Crippen molar-refractivity contribution in [3.63, 3.8) is 0 Å². The maximum absolute atomic E-state index is 8.80. The molecule has 1 aromatic carbocycles. The fourth-order valence-corrected chi connectivity index (χ4v) is 2.19. The summed E-state index contributed by atoms with van der Waals surface area (Å²) in [5.41, 5.74) is 2.32. The smallest absolute Gasteiger partial charge is 0.102 e. The molecule has 6 nitrogen and oxygen atoms in total. The molecular weight excluding hydrogens is 322 g/mol. The molecule has 0 aliphatic carbocycles. The first-order chi connectivity index (χ1) is 9.72. The molecule has 104 valence electrons. The van der Waals surface area contributed by atoms with Crippen molar-refractivity contribution in [2.45, 2.75) is 19.5 Å². The Morgan fingerprint density at radius 1 is 1.45 bits per heavy atom. The van der Waals surface area contributed by atoms with Gasteiger partial charge in [0, 0.05) is 23.3 Å². The Kier molecular flexibility index (Phi) is 5.09. The van der Waals surface area contributed by atoms with Crippen LogP contribution in [-0.4, -0.2) is 26.7 Å². The number of halogens is 1. The van der Waals surface area contributed by atoms with E-state index in [9.17, 15) is 0 Å². The second kappa shape index (κ2) is 7.03. The maximum atomic E-state index is 8.80. The van der Waals surface area contributed by atoms with Gasteiger partial charge in [0.1, 0.15) is 5.69 Å². The Morgan fingerprint density at radius 2 is 2.30 bits per heavy atom. The van der Waals surface area contributed by atoms with Crippen molar-refractivity contribution < 1.29 is 5.11 Å². The Balaban J connectivity index is 1.95. The van der Waals surface area contributed by atoms with Gasteiger partial charge in [0.15, 0.2) is 0 Å². The van der Waals surface area contributed by atoms with E-state index in [-0.39, 0.29) is 6.61 Å². The van der Waals surface area contributed by atoms with Crippen molar-refractivity contribution in [1.82, 2.24) is 15.0 Å². The maximum Gasteiger partial charge on any atom is 0.102 e. The lowest BCUT2D eigenvalue weighted by Crippen LogP contribution is -2.01. The lowest BCUT2D eigenvalue weighted by Gasteiger charge is -2.06. The molecule has 0 aliphatic rings. The van der Waals surface area contributed by atoms with Gasteiger partial charge in [0.25, 0.3) is 0 Å². The zero-order valence-corrected chi connectivity index (χ0v) is 12.3. The number of aliphatic hydroxyl groups excluding tert-OH is 1. The van der Waals surface area contributed by atoms with Crippen molar-refractivity contribution in [2.24, 2.45) is 0 Å². The number of nitrogens with zero attached hydrogens (tertiary/aromatic N) is 4. The van der Waals surface area contributed by atoms with Crippen LogP contribution in [0.5, 0.6) is 0 Å². The van der Waals surface area contributed by atoms with Crippen LogP contribution in [-0.2, 0) is 13.1 Å².